The highest BCUT2D eigenvalue weighted by Gasteiger charge is 2.23. The molecule has 2 aromatic carbocycles. The number of H-pyrrole nitrogens is 1. The van der Waals surface area contributed by atoms with Gasteiger partial charge in [0.25, 0.3) is 5.56 Å². The fraction of sp³-hybridized carbons (Fsp3) is 0.346. The van der Waals surface area contributed by atoms with Gasteiger partial charge in [-0.1, -0.05) is 36.9 Å². The highest BCUT2D eigenvalue weighted by Crippen LogP contribution is 2.37. The van der Waals surface area contributed by atoms with Gasteiger partial charge >= 0.3 is 0 Å². The van der Waals surface area contributed by atoms with Crippen LogP contribution in [0, 0.1) is 6.92 Å². The maximum absolute atomic E-state index is 12.6. The molecule has 0 saturated heterocycles. The van der Waals surface area contributed by atoms with E-state index < -0.39 is 0 Å². The van der Waals surface area contributed by atoms with Gasteiger partial charge in [-0.3, -0.25) is 4.79 Å². The van der Waals surface area contributed by atoms with E-state index >= 15 is 0 Å². The molecule has 2 heterocycles. The van der Waals surface area contributed by atoms with Crippen molar-refractivity contribution in [3.8, 4) is 0 Å². The van der Waals surface area contributed by atoms with Crippen molar-refractivity contribution in [1.29, 1.82) is 0 Å². The lowest BCUT2D eigenvalue weighted by molar-refractivity contribution is 0.193. The summed E-state index contributed by atoms with van der Waals surface area (Å²) in [7, 11) is 1.74. The number of fused-ring (bicyclic) bond motifs is 2. The normalized spacial score (nSPS) is 12.2. The van der Waals surface area contributed by atoms with Crippen LogP contribution in [-0.4, -0.2) is 30.2 Å². The second-order valence-electron chi connectivity index (χ2n) is 8.25. The molecule has 1 aliphatic heterocycles. The number of aromatic amines is 1. The van der Waals surface area contributed by atoms with Crippen molar-refractivity contribution >= 4 is 23.8 Å². The lowest BCUT2D eigenvalue weighted by Crippen LogP contribution is -2.42. The first-order valence-corrected chi connectivity index (χ1v) is 11.2. The van der Waals surface area contributed by atoms with Gasteiger partial charge in [-0.15, -0.1) is 0 Å². The Kier molecular flexibility index (Phi) is 6.81. The molecule has 0 bridgehead atoms. The molecule has 0 atom stereocenters. The molecule has 0 aliphatic carbocycles. The Morgan fingerprint density at radius 3 is 2.69 bits per heavy atom. The smallest absolute Gasteiger partial charge is 0.279 e. The second-order valence-corrected chi connectivity index (χ2v) is 8.25. The number of ether oxygens (including phenoxy) is 1. The molecule has 0 radical (unpaired) electrons. The maximum Gasteiger partial charge on any atom is 0.279 e. The van der Waals surface area contributed by atoms with Gasteiger partial charge in [0.15, 0.2) is 11.2 Å². The van der Waals surface area contributed by atoms with Gasteiger partial charge in [0.05, 0.1) is 11.4 Å². The average molecular weight is 431 g/mol. The first-order chi connectivity index (χ1) is 15.6. The number of aromatic nitrogens is 2. The van der Waals surface area contributed by atoms with Gasteiger partial charge in [0, 0.05) is 20.3 Å². The van der Waals surface area contributed by atoms with Gasteiger partial charge in [0.2, 0.25) is 0 Å². The van der Waals surface area contributed by atoms with E-state index in [4.69, 9.17) is 4.74 Å². The molecule has 4 rings (SSSR count). The van der Waals surface area contributed by atoms with Crippen molar-refractivity contribution in [2.24, 2.45) is 4.99 Å². The summed E-state index contributed by atoms with van der Waals surface area (Å²) in [5, 5.41) is 0.358. The van der Waals surface area contributed by atoms with Gasteiger partial charge in [-0.2, -0.15) is 0 Å². The van der Waals surface area contributed by atoms with Crippen molar-refractivity contribution in [3.63, 3.8) is 0 Å². The molecular weight excluding hydrogens is 400 g/mol. The highest BCUT2D eigenvalue weighted by molar-refractivity contribution is 5.77. The van der Waals surface area contributed by atoms with Crippen molar-refractivity contribution in [3.05, 3.63) is 80.3 Å². The number of unbranched alkanes of at least 4 members (excludes halogenated alkanes) is 1. The van der Waals surface area contributed by atoms with Crippen LogP contribution in [0.3, 0.4) is 0 Å². The molecule has 6 nitrogen and oxygen atoms in total. The molecular formula is C26H30N4O2. The van der Waals surface area contributed by atoms with Crippen molar-refractivity contribution in [2.45, 2.75) is 39.0 Å². The third kappa shape index (κ3) is 4.81. The number of nitrogens with one attached hydrogen (secondary N) is 1. The van der Waals surface area contributed by atoms with Crippen LogP contribution in [0.1, 0.15) is 36.0 Å². The minimum atomic E-state index is -0.250. The van der Waals surface area contributed by atoms with E-state index in [2.05, 4.69) is 69.8 Å². The zero-order valence-electron chi connectivity index (χ0n) is 18.9. The van der Waals surface area contributed by atoms with E-state index in [-0.39, 0.29) is 5.56 Å². The molecule has 6 heteroatoms. The van der Waals surface area contributed by atoms with Gasteiger partial charge in [-0.05, 0) is 67.9 Å². The molecule has 3 aromatic rings. The summed E-state index contributed by atoms with van der Waals surface area (Å²) in [6.07, 6.45) is 4.96. The Bertz CT molecular complexity index is 1250. The number of rotatable bonds is 9. The second kappa shape index (κ2) is 9.92. The zero-order chi connectivity index (χ0) is 22.5. The zero-order valence-corrected chi connectivity index (χ0v) is 18.9. The van der Waals surface area contributed by atoms with Crippen LogP contribution in [0.4, 0.5) is 17.2 Å². The topological polar surface area (TPSA) is 70.6 Å². The number of aryl methyl sites for hydroxylation is 3. The van der Waals surface area contributed by atoms with Crippen LogP contribution in [0.2, 0.25) is 0 Å². The van der Waals surface area contributed by atoms with E-state index in [1.165, 1.54) is 16.7 Å². The van der Waals surface area contributed by atoms with E-state index in [0.29, 0.717) is 16.7 Å². The molecule has 1 N–H and O–H groups in total. The first-order valence-electron chi connectivity index (χ1n) is 11.2. The van der Waals surface area contributed by atoms with Crippen LogP contribution >= 0.6 is 0 Å². The summed E-state index contributed by atoms with van der Waals surface area (Å²) in [4.78, 5) is 26.7. The molecule has 32 heavy (non-hydrogen) atoms. The molecule has 1 aliphatic rings. The largest absolute Gasteiger partial charge is 0.385 e. The number of benzene rings is 2. The number of anilines is 2. The van der Waals surface area contributed by atoms with Gasteiger partial charge < -0.3 is 14.6 Å². The predicted molar refractivity (Wildman–Crippen MR) is 129 cm³/mol. The number of hydrogen-bond acceptors (Lipinski definition) is 5. The Hall–Kier alpha value is -3.25. The summed E-state index contributed by atoms with van der Waals surface area (Å²) >= 11 is 0. The monoisotopic (exact) mass is 430 g/mol. The third-order valence-corrected chi connectivity index (χ3v) is 5.87. The first kappa shape index (κ1) is 22.0. The average Bonchev–Trinajstić information content (AvgIpc) is 2.78. The number of methoxy groups -OCH3 is 1. The summed E-state index contributed by atoms with van der Waals surface area (Å²) in [6, 6.07) is 14.8. The Morgan fingerprint density at radius 2 is 1.91 bits per heavy atom. The summed E-state index contributed by atoms with van der Waals surface area (Å²) in [5.74, 6) is 0.591. The summed E-state index contributed by atoms with van der Waals surface area (Å²) < 4.78 is 5.19. The fourth-order valence-electron chi connectivity index (χ4n) is 4.20. The minimum Gasteiger partial charge on any atom is -0.385 e. The molecule has 166 valence electrons. The lowest BCUT2D eigenvalue weighted by Gasteiger charge is -2.29. The highest BCUT2D eigenvalue weighted by atomic mass is 16.5. The standard InChI is InChI=1S/C26H30N4O2/c1-18-16-22-23(17-21(18)13-7-8-15-32-3)30(14-9-12-20-10-5-4-6-11-20)25-24(29-22)26(31)28-19(2)27-25/h4-6,10-11,16-17H,2,7-9,12-15H2,1,3H3,(H,28,31). The number of nitrogens with zero attached hydrogens (tertiary/aromatic N) is 3. The third-order valence-electron chi connectivity index (χ3n) is 5.87. The Morgan fingerprint density at radius 1 is 1.09 bits per heavy atom. The van der Waals surface area contributed by atoms with E-state index in [0.717, 1.165) is 56.6 Å². The number of hydrogen-bond donors (Lipinski definition) is 1. The Labute approximate surface area is 188 Å². The van der Waals surface area contributed by atoms with Crippen LogP contribution in [-0.2, 0) is 17.6 Å². The summed E-state index contributed by atoms with van der Waals surface area (Å²) in [6.45, 7) is 7.48. The molecule has 0 amide bonds. The van der Waals surface area contributed by atoms with Crippen molar-refractivity contribution in [1.82, 2.24) is 9.97 Å². The van der Waals surface area contributed by atoms with Crippen LogP contribution in [0.25, 0.3) is 6.58 Å². The molecule has 0 saturated carbocycles. The maximum atomic E-state index is 12.6. The van der Waals surface area contributed by atoms with Gasteiger partial charge in [0.1, 0.15) is 5.48 Å². The molecule has 0 spiro atoms. The van der Waals surface area contributed by atoms with E-state index in [1.807, 2.05) is 6.07 Å². The lowest BCUT2D eigenvalue weighted by atomic mass is 9.99. The van der Waals surface area contributed by atoms with Crippen LogP contribution in [0.5, 0.6) is 0 Å². The molecule has 0 unspecified atom stereocenters. The Balaban J connectivity index is 1.68. The van der Waals surface area contributed by atoms with E-state index in [1.54, 1.807) is 7.11 Å². The van der Waals surface area contributed by atoms with Gasteiger partial charge in [-0.25, -0.2) is 9.98 Å². The SMILES string of the molecule is C=c1nc2c(c(=O)[nH]1)=Nc1cc(C)c(CCCCOC)cc1N2CCCc1ccccc1. The molecule has 1 aromatic heterocycles. The van der Waals surface area contributed by atoms with Crippen LogP contribution in [0.15, 0.2) is 52.3 Å². The van der Waals surface area contributed by atoms with Crippen LogP contribution < -0.4 is 21.3 Å². The predicted octanol–water partition coefficient (Wildman–Crippen LogP) is 3.49. The van der Waals surface area contributed by atoms with Crippen molar-refractivity contribution < 1.29 is 4.74 Å². The quantitative estimate of drug-likeness (QED) is 0.528. The molecule has 0 fully saturated rings. The fourth-order valence-corrected chi connectivity index (χ4v) is 4.20. The van der Waals surface area contributed by atoms with E-state index in [9.17, 15) is 4.79 Å². The van der Waals surface area contributed by atoms with Crippen molar-refractivity contribution in [2.75, 3.05) is 25.2 Å². The summed E-state index contributed by atoms with van der Waals surface area (Å²) in [5.41, 5.74) is 5.72. The minimum absolute atomic E-state index is 0.250.